The van der Waals surface area contributed by atoms with Gasteiger partial charge in [0.15, 0.2) is 6.10 Å². The molecule has 0 radical (unpaired) electrons. The van der Waals surface area contributed by atoms with E-state index in [9.17, 15) is 9.90 Å². The molecular weight excluding hydrogens is 220 g/mol. The lowest BCUT2D eigenvalue weighted by Crippen LogP contribution is -2.14. The molecule has 0 spiro atoms. The predicted octanol–water partition coefficient (Wildman–Crippen LogP) is 1.55. The van der Waals surface area contributed by atoms with Crippen molar-refractivity contribution in [2.45, 2.75) is 6.10 Å². The van der Waals surface area contributed by atoms with Gasteiger partial charge in [0.1, 0.15) is 5.75 Å². The van der Waals surface area contributed by atoms with Gasteiger partial charge in [-0.15, -0.1) is 0 Å². The lowest BCUT2D eigenvalue weighted by atomic mass is 10.1. The first-order chi connectivity index (χ1) is 7.10. The number of methoxy groups -OCH3 is 2. The number of carbonyl (C=O) groups excluding carboxylic acids is 1. The molecule has 0 saturated heterocycles. The highest BCUT2D eigenvalue weighted by molar-refractivity contribution is 6.30. The molecule has 15 heavy (non-hydrogen) atoms. The minimum atomic E-state index is -1.39. The fraction of sp³-hybridized carbons (Fsp3) is 0.300. The highest BCUT2D eigenvalue weighted by Gasteiger charge is 2.21. The average molecular weight is 231 g/mol. The first kappa shape index (κ1) is 11.8. The van der Waals surface area contributed by atoms with Gasteiger partial charge in [0, 0.05) is 10.6 Å². The first-order valence-electron chi connectivity index (χ1n) is 4.19. The third kappa shape index (κ3) is 2.61. The van der Waals surface area contributed by atoms with Crippen LogP contribution in [0.3, 0.4) is 0 Å². The molecule has 0 heterocycles. The van der Waals surface area contributed by atoms with Gasteiger partial charge in [-0.05, 0) is 18.2 Å². The highest BCUT2D eigenvalue weighted by Crippen LogP contribution is 2.28. The fourth-order valence-electron chi connectivity index (χ4n) is 1.16. The van der Waals surface area contributed by atoms with Crippen LogP contribution in [-0.2, 0) is 9.53 Å². The molecule has 0 fully saturated rings. The number of esters is 1. The molecule has 0 saturated carbocycles. The van der Waals surface area contributed by atoms with Gasteiger partial charge in [0.25, 0.3) is 0 Å². The van der Waals surface area contributed by atoms with E-state index in [0.29, 0.717) is 10.8 Å². The van der Waals surface area contributed by atoms with Crippen molar-refractivity contribution in [3.63, 3.8) is 0 Å². The normalized spacial score (nSPS) is 12.0. The first-order valence-corrected chi connectivity index (χ1v) is 4.57. The second-order valence-electron chi connectivity index (χ2n) is 2.81. The number of carbonyl (C=O) groups is 1. The number of rotatable bonds is 3. The molecular formula is C10H11ClO4. The van der Waals surface area contributed by atoms with Crippen molar-refractivity contribution in [3.05, 3.63) is 28.8 Å². The molecule has 0 aromatic heterocycles. The Balaban J connectivity index is 3.10. The standard InChI is InChI=1S/C10H11ClO4/c1-14-8-4-3-6(11)5-7(8)9(12)10(13)15-2/h3-5,9,12H,1-2H3. The number of hydrogen-bond acceptors (Lipinski definition) is 4. The molecule has 0 amide bonds. The largest absolute Gasteiger partial charge is 0.496 e. The van der Waals surface area contributed by atoms with Gasteiger partial charge in [-0.3, -0.25) is 0 Å². The summed E-state index contributed by atoms with van der Waals surface area (Å²) in [5.74, 6) is -0.368. The van der Waals surface area contributed by atoms with E-state index in [0.717, 1.165) is 0 Å². The number of benzene rings is 1. The Bertz CT molecular complexity index is 364. The van der Waals surface area contributed by atoms with Gasteiger partial charge < -0.3 is 14.6 Å². The number of aliphatic hydroxyl groups is 1. The Kier molecular flexibility index (Phi) is 3.94. The number of halogens is 1. The van der Waals surface area contributed by atoms with Gasteiger partial charge >= 0.3 is 5.97 Å². The van der Waals surface area contributed by atoms with E-state index in [1.54, 1.807) is 12.1 Å². The lowest BCUT2D eigenvalue weighted by Gasteiger charge is -2.12. The molecule has 1 aromatic rings. The van der Waals surface area contributed by atoms with Crippen LogP contribution in [0, 0.1) is 0 Å². The molecule has 1 atom stereocenters. The fourth-order valence-corrected chi connectivity index (χ4v) is 1.34. The number of aliphatic hydroxyl groups excluding tert-OH is 1. The Morgan fingerprint density at radius 1 is 1.47 bits per heavy atom. The van der Waals surface area contributed by atoms with Crippen molar-refractivity contribution >= 4 is 17.6 Å². The average Bonchev–Trinajstić information content (AvgIpc) is 2.27. The van der Waals surface area contributed by atoms with E-state index in [1.165, 1.54) is 20.3 Å². The Labute approximate surface area is 92.4 Å². The van der Waals surface area contributed by atoms with Crippen LogP contribution in [0.5, 0.6) is 5.75 Å². The Hall–Kier alpha value is -1.26. The zero-order valence-electron chi connectivity index (χ0n) is 8.36. The molecule has 82 valence electrons. The molecule has 4 nitrogen and oxygen atoms in total. The van der Waals surface area contributed by atoms with Gasteiger partial charge in [-0.2, -0.15) is 0 Å². The summed E-state index contributed by atoms with van der Waals surface area (Å²) in [6, 6.07) is 4.64. The van der Waals surface area contributed by atoms with Crippen molar-refractivity contribution in [3.8, 4) is 5.75 Å². The summed E-state index contributed by atoms with van der Waals surface area (Å²) < 4.78 is 9.41. The Morgan fingerprint density at radius 3 is 2.67 bits per heavy atom. The van der Waals surface area contributed by atoms with E-state index in [2.05, 4.69) is 4.74 Å². The zero-order valence-corrected chi connectivity index (χ0v) is 9.12. The maximum absolute atomic E-state index is 11.1. The molecule has 0 aliphatic rings. The van der Waals surface area contributed by atoms with E-state index in [4.69, 9.17) is 16.3 Å². The van der Waals surface area contributed by atoms with Crippen molar-refractivity contribution in [2.75, 3.05) is 14.2 Å². The summed E-state index contributed by atoms with van der Waals surface area (Å²) in [6.45, 7) is 0. The lowest BCUT2D eigenvalue weighted by molar-refractivity contribution is -0.150. The van der Waals surface area contributed by atoms with Gasteiger partial charge in [-0.25, -0.2) is 4.79 Å². The summed E-state index contributed by atoms with van der Waals surface area (Å²) in [5.41, 5.74) is 0.289. The van der Waals surface area contributed by atoms with Gasteiger partial charge in [0.05, 0.1) is 14.2 Å². The van der Waals surface area contributed by atoms with Crippen LogP contribution in [0.1, 0.15) is 11.7 Å². The van der Waals surface area contributed by atoms with Gasteiger partial charge in [0.2, 0.25) is 0 Å². The molecule has 1 N–H and O–H groups in total. The maximum atomic E-state index is 11.1. The monoisotopic (exact) mass is 230 g/mol. The van der Waals surface area contributed by atoms with Crippen LogP contribution >= 0.6 is 11.6 Å². The molecule has 0 aliphatic heterocycles. The highest BCUT2D eigenvalue weighted by atomic mass is 35.5. The molecule has 0 aliphatic carbocycles. The summed E-state index contributed by atoms with van der Waals surface area (Å²) >= 11 is 5.75. The van der Waals surface area contributed by atoms with Gasteiger partial charge in [-0.1, -0.05) is 11.6 Å². The Morgan fingerprint density at radius 2 is 2.13 bits per heavy atom. The maximum Gasteiger partial charge on any atom is 0.339 e. The van der Waals surface area contributed by atoms with Crippen molar-refractivity contribution in [2.24, 2.45) is 0 Å². The van der Waals surface area contributed by atoms with Crippen LogP contribution in [0.2, 0.25) is 5.02 Å². The summed E-state index contributed by atoms with van der Waals surface area (Å²) in [6.07, 6.45) is -1.39. The van der Waals surface area contributed by atoms with Crippen LogP contribution in [0.4, 0.5) is 0 Å². The number of ether oxygens (including phenoxy) is 2. The van der Waals surface area contributed by atoms with Crippen LogP contribution < -0.4 is 4.74 Å². The predicted molar refractivity (Wildman–Crippen MR) is 55.0 cm³/mol. The van der Waals surface area contributed by atoms with Crippen molar-refractivity contribution in [1.82, 2.24) is 0 Å². The quantitative estimate of drug-likeness (QED) is 0.801. The second-order valence-corrected chi connectivity index (χ2v) is 3.25. The summed E-state index contributed by atoms with van der Waals surface area (Å²) in [5, 5.41) is 10.0. The van der Waals surface area contributed by atoms with E-state index >= 15 is 0 Å². The summed E-state index contributed by atoms with van der Waals surface area (Å²) in [7, 11) is 2.64. The smallest absolute Gasteiger partial charge is 0.339 e. The van der Waals surface area contributed by atoms with E-state index < -0.39 is 12.1 Å². The van der Waals surface area contributed by atoms with Crippen LogP contribution in [0.15, 0.2) is 18.2 Å². The molecule has 5 heteroatoms. The third-order valence-corrected chi connectivity index (χ3v) is 2.15. The minimum absolute atomic E-state index is 0.289. The molecule has 1 aromatic carbocycles. The van der Waals surface area contributed by atoms with Crippen LogP contribution in [-0.4, -0.2) is 25.3 Å². The van der Waals surface area contributed by atoms with E-state index in [-0.39, 0.29) is 5.56 Å². The molecule has 1 rings (SSSR count). The minimum Gasteiger partial charge on any atom is -0.496 e. The van der Waals surface area contributed by atoms with E-state index in [1.807, 2.05) is 0 Å². The zero-order chi connectivity index (χ0) is 11.4. The third-order valence-electron chi connectivity index (χ3n) is 1.91. The summed E-state index contributed by atoms with van der Waals surface area (Å²) in [4.78, 5) is 11.1. The number of hydrogen-bond donors (Lipinski definition) is 1. The van der Waals surface area contributed by atoms with Crippen molar-refractivity contribution in [1.29, 1.82) is 0 Å². The van der Waals surface area contributed by atoms with Crippen molar-refractivity contribution < 1.29 is 19.4 Å². The topological polar surface area (TPSA) is 55.8 Å². The second kappa shape index (κ2) is 5.00. The van der Waals surface area contributed by atoms with Crippen LogP contribution in [0.25, 0.3) is 0 Å². The molecule has 1 unspecified atom stereocenters. The molecule has 0 bridgehead atoms. The SMILES string of the molecule is COC(=O)C(O)c1cc(Cl)ccc1OC.